The average Bonchev–Trinajstić information content (AvgIpc) is 2.34. The van der Waals surface area contributed by atoms with E-state index in [-0.39, 0.29) is 6.61 Å². The van der Waals surface area contributed by atoms with Gasteiger partial charge in [-0.05, 0) is 23.8 Å². The van der Waals surface area contributed by atoms with Crippen LogP contribution in [0.25, 0.3) is 0 Å². The van der Waals surface area contributed by atoms with Gasteiger partial charge in [-0.15, -0.1) is 0 Å². The van der Waals surface area contributed by atoms with Gasteiger partial charge in [0.05, 0.1) is 13.2 Å². The van der Waals surface area contributed by atoms with Gasteiger partial charge in [0.2, 0.25) is 0 Å². The molecule has 0 aromatic heterocycles. The Morgan fingerprint density at radius 1 is 1.41 bits per heavy atom. The minimum absolute atomic E-state index is 0.0936. The standard InChI is InChI=1S/C12H19ClN2O2/c1-17-7-5-15(4-6-16)12-3-2-11(13)8-10(12)9-14/h2-3,8,16H,4-7,9,14H2,1H3. The number of methoxy groups -OCH3 is 1. The first-order valence-electron chi connectivity index (χ1n) is 5.56. The van der Waals surface area contributed by atoms with E-state index in [1.807, 2.05) is 23.1 Å². The molecule has 0 heterocycles. The molecule has 5 heteroatoms. The molecule has 0 bridgehead atoms. The second-order valence-electron chi connectivity index (χ2n) is 3.68. The molecule has 0 atom stereocenters. The first-order valence-corrected chi connectivity index (χ1v) is 5.94. The third-order valence-electron chi connectivity index (χ3n) is 2.54. The number of nitrogens with two attached hydrogens (primary N) is 1. The summed E-state index contributed by atoms with van der Waals surface area (Å²) in [6, 6.07) is 5.61. The van der Waals surface area contributed by atoms with Gasteiger partial charge in [0, 0.05) is 37.5 Å². The highest BCUT2D eigenvalue weighted by Gasteiger charge is 2.10. The summed E-state index contributed by atoms with van der Waals surface area (Å²) in [6.07, 6.45) is 0. The zero-order chi connectivity index (χ0) is 12.7. The van der Waals surface area contributed by atoms with Crippen molar-refractivity contribution in [3.05, 3.63) is 28.8 Å². The lowest BCUT2D eigenvalue weighted by atomic mass is 10.1. The molecule has 4 nitrogen and oxygen atoms in total. The van der Waals surface area contributed by atoms with E-state index in [1.165, 1.54) is 0 Å². The van der Waals surface area contributed by atoms with Gasteiger partial charge in [-0.2, -0.15) is 0 Å². The maximum atomic E-state index is 9.08. The van der Waals surface area contributed by atoms with Gasteiger partial charge in [-0.3, -0.25) is 0 Å². The summed E-state index contributed by atoms with van der Waals surface area (Å²) in [6.45, 7) is 2.39. The zero-order valence-electron chi connectivity index (χ0n) is 10.0. The first-order chi connectivity index (χ1) is 8.22. The van der Waals surface area contributed by atoms with Gasteiger partial charge in [0.15, 0.2) is 0 Å². The molecule has 0 fully saturated rings. The largest absolute Gasteiger partial charge is 0.395 e. The fourth-order valence-corrected chi connectivity index (χ4v) is 1.90. The molecule has 0 saturated carbocycles. The van der Waals surface area contributed by atoms with Crippen molar-refractivity contribution in [2.45, 2.75) is 6.54 Å². The quantitative estimate of drug-likeness (QED) is 0.773. The molecule has 96 valence electrons. The zero-order valence-corrected chi connectivity index (χ0v) is 10.8. The molecule has 3 N–H and O–H groups in total. The minimum atomic E-state index is 0.0936. The number of rotatable bonds is 7. The van der Waals surface area contributed by atoms with Gasteiger partial charge in [0.1, 0.15) is 0 Å². The van der Waals surface area contributed by atoms with E-state index >= 15 is 0 Å². The lowest BCUT2D eigenvalue weighted by molar-refractivity contribution is 0.203. The Hall–Kier alpha value is -0.810. The smallest absolute Gasteiger partial charge is 0.0637 e. The molecule has 0 aliphatic heterocycles. The minimum Gasteiger partial charge on any atom is -0.395 e. The van der Waals surface area contributed by atoms with Gasteiger partial charge >= 0.3 is 0 Å². The van der Waals surface area contributed by atoms with Crippen molar-refractivity contribution in [1.29, 1.82) is 0 Å². The molecular weight excluding hydrogens is 240 g/mol. The summed E-state index contributed by atoms with van der Waals surface area (Å²) in [5.74, 6) is 0. The van der Waals surface area contributed by atoms with Crippen LogP contribution in [0.2, 0.25) is 5.02 Å². The highest BCUT2D eigenvalue weighted by atomic mass is 35.5. The summed E-state index contributed by atoms with van der Waals surface area (Å²) in [7, 11) is 1.66. The molecule has 0 unspecified atom stereocenters. The molecule has 1 aromatic carbocycles. The number of halogens is 1. The normalized spacial score (nSPS) is 10.6. The van der Waals surface area contributed by atoms with Crippen LogP contribution in [-0.4, -0.2) is 38.5 Å². The van der Waals surface area contributed by atoms with Crippen LogP contribution >= 0.6 is 11.6 Å². The lowest BCUT2D eigenvalue weighted by Gasteiger charge is -2.26. The van der Waals surface area contributed by atoms with Crippen LogP contribution in [0.3, 0.4) is 0 Å². The fourth-order valence-electron chi connectivity index (χ4n) is 1.70. The van der Waals surface area contributed by atoms with Gasteiger partial charge in [-0.25, -0.2) is 0 Å². The van der Waals surface area contributed by atoms with Crippen LogP contribution in [0.15, 0.2) is 18.2 Å². The van der Waals surface area contributed by atoms with E-state index in [1.54, 1.807) is 7.11 Å². The maximum absolute atomic E-state index is 9.08. The van der Waals surface area contributed by atoms with E-state index in [9.17, 15) is 0 Å². The Balaban J connectivity index is 2.91. The highest BCUT2D eigenvalue weighted by molar-refractivity contribution is 6.30. The number of hydrogen-bond acceptors (Lipinski definition) is 4. The number of anilines is 1. The van der Waals surface area contributed by atoms with E-state index in [4.69, 9.17) is 27.2 Å². The Morgan fingerprint density at radius 3 is 2.76 bits per heavy atom. The van der Waals surface area contributed by atoms with Crippen LogP contribution in [0.1, 0.15) is 5.56 Å². The van der Waals surface area contributed by atoms with Crippen molar-refractivity contribution in [2.24, 2.45) is 5.73 Å². The van der Waals surface area contributed by atoms with E-state index in [0.717, 1.165) is 11.3 Å². The van der Waals surface area contributed by atoms with Crippen molar-refractivity contribution in [1.82, 2.24) is 0 Å². The third-order valence-corrected chi connectivity index (χ3v) is 2.77. The number of aliphatic hydroxyl groups excluding tert-OH is 1. The molecule has 0 spiro atoms. The Morgan fingerprint density at radius 2 is 2.18 bits per heavy atom. The van der Waals surface area contributed by atoms with Crippen LogP contribution < -0.4 is 10.6 Å². The Labute approximate surface area is 107 Å². The molecule has 1 aromatic rings. The van der Waals surface area contributed by atoms with Crippen molar-refractivity contribution in [2.75, 3.05) is 38.3 Å². The van der Waals surface area contributed by atoms with Gasteiger partial charge in [-0.1, -0.05) is 11.6 Å². The summed E-state index contributed by atoms with van der Waals surface area (Å²) in [5, 5.41) is 9.75. The van der Waals surface area contributed by atoms with Crippen LogP contribution in [-0.2, 0) is 11.3 Å². The molecular formula is C12H19ClN2O2. The van der Waals surface area contributed by atoms with E-state index in [0.29, 0.717) is 31.3 Å². The van der Waals surface area contributed by atoms with Crippen molar-refractivity contribution >= 4 is 17.3 Å². The summed E-state index contributed by atoms with van der Waals surface area (Å²) >= 11 is 5.93. The molecule has 1 rings (SSSR count). The third kappa shape index (κ3) is 4.16. The second-order valence-corrected chi connectivity index (χ2v) is 4.12. The fraction of sp³-hybridized carbons (Fsp3) is 0.500. The first kappa shape index (κ1) is 14.3. The highest BCUT2D eigenvalue weighted by Crippen LogP contribution is 2.23. The monoisotopic (exact) mass is 258 g/mol. The van der Waals surface area contributed by atoms with Gasteiger partial charge in [0.25, 0.3) is 0 Å². The van der Waals surface area contributed by atoms with E-state index < -0.39 is 0 Å². The lowest BCUT2D eigenvalue weighted by Crippen LogP contribution is -2.31. The molecule has 0 radical (unpaired) electrons. The maximum Gasteiger partial charge on any atom is 0.0637 e. The molecule has 0 amide bonds. The molecule has 0 saturated heterocycles. The Bertz CT molecular complexity index is 347. The van der Waals surface area contributed by atoms with Crippen molar-refractivity contribution in [3.8, 4) is 0 Å². The van der Waals surface area contributed by atoms with Crippen LogP contribution in [0.5, 0.6) is 0 Å². The number of ether oxygens (including phenoxy) is 1. The summed E-state index contributed by atoms with van der Waals surface area (Å²) in [5.41, 5.74) is 7.68. The van der Waals surface area contributed by atoms with Crippen molar-refractivity contribution < 1.29 is 9.84 Å². The summed E-state index contributed by atoms with van der Waals surface area (Å²) < 4.78 is 5.06. The molecule has 0 aliphatic rings. The number of aliphatic hydroxyl groups is 1. The topological polar surface area (TPSA) is 58.7 Å². The second kappa shape index (κ2) is 7.50. The van der Waals surface area contributed by atoms with Crippen molar-refractivity contribution in [3.63, 3.8) is 0 Å². The van der Waals surface area contributed by atoms with Crippen LogP contribution in [0, 0.1) is 0 Å². The molecule has 17 heavy (non-hydrogen) atoms. The number of nitrogens with zero attached hydrogens (tertiary/aromatic N) is 1. The average molecular weight is 259 g/mol. The Kier molecular flexibility index (Phi) is 6.29. The number of benzene rings is 1. The van der Waals surface area contributed by atoms with E-state index in [2.05, 4.69) is 0 Å². The SMILES string of the molecule is COCCN(CCO)c1ccc(Cl)cc1CN. The van der Waals surface area contributed by atoms with Crippen LogP contribution in [0.4, 0.5) is 5.69 Å². The number of hydrogen-bond donors (Lipinski definition) is 2. The van der Waals surface area contributed by atoms with Gasteiger partial charge < -0.3 is 20.5 Å². The predicted molar refractivity (Wildman–Crippen MR) is 70.5 cm³/mol. The molecule has 0 aliphatic carbocycles. The summed E-state index contributed by atoms with van der Waals surface area (Å²) in [4.78, 5) is 2.04. The predicted octanol–water partition coefficient (Wildman–Crippen LogP) is 1.24.